The van der Waals surface area contributed by atoms with E-state index >= 15 is 0 Å². The van der Waals surface area contributed by atoms with Crippen molar-refractivity contribution in [1.82, 2.24) is 9.62 Å². The molecule has 1 spiro atoms. The van der Waals surface area contributed by atoms with Crippen molar-refractivity contribution in [2.75, 3.05) is 32.8 Å². The molecule has 3 aliphatic rings. The van der Waals surface area contributed by atoms with Crippen molar-refractivity contribution >= 4 is 10.0 Å². The van der Waals surface area contributed by atoms with Crippen LogP contribution >= 0.6 is 0 Å². The van der Waals surface area contributed by atoms with E-state index in [0.29, 0.717) is 25.7 Å². The van der Waals surface area contributed by atoms with Gasteiger partial charge in [-0.2, -0.15) is 4.31 Å². The summed E-state index contributed by atoms with van der Waals surface area (Å²) in [4.78, 5) is 0. The third kappa shape index (κ3) is 3.03. The molecule has 0 unspecified atom stereocenters. The summed E-state index contributed by atoms with van der Waals surface area (Å²) in [6, 6.07) is 5.99. The quantitative estimate of drug-likeness (QED) is 0.889. The highest BCUT2D eigenvalue weighted by Crippen LogP contribution is 2.50. The summed E-state index contributed by atoms with van der Waals surface area (Å²) in [5.41, 5.74) is 3.32. The standard InChI is InChI=1S/C19H28N2O3S/c1-14-3-4-16(9-15(14)2)12-25(22,23)21-13-19(5-7-20-8-6-19)17-10-24-11-18(17)21/h3-4,9,17-18,20H,5-8,10-13H2,1-2H3/t17-,18+/m0/s1. The average molecular weight is 365 g/mol. The van der Waals surface area contributed by atoms with Gasteiger partial charge in [0.05, 0.1) is 25.0 Å². The second kappa shape index (κ2) is 6.34. The van der Waals surface area contributed by atoms with Gasteiger partial charge in [0.15, 0.2) is 0 Å². The predicted octanol–water partition coefficient (Wildman–Crippen LogP) is 1.83. The van der Waals surface area contributed by atoms with Crippen molar-refractivity contribution in [3.63, 3.8) is 0 Å². The zero-order valence-corrected chi connectivity index (χ0v) is 15.9. The van der Waals surface area contributed by atoms with Crippen LogP contribution in [-0.2, 0) is 20.5 Å². The Hall–Kier alpha value is -0.950. The topological polar surface area (TPSA) is 58.6 Å². The van der Waals surface area contributed by atoms with Gasteiger partial charge in [0.2, 0.25) is 10.0 Å². The fourth-order valence-corrected chi connectivity index (χ4v) is 6.74. The Morgan fingerprint density at radius 1 is 1.20 bits per heavy atom. The number of hydrogen-bond donors (Lipinski definition) is 1. The largest absolute Gasteiger partial charge is 0.379 e. The maximum atomic E-state index is 13.2. The average Bonchev–Trinajstić information content (AvgIpc) is 3.16. The smallest absolute Gasteiger partial charge is 0.218 e. The first kappa shape index (κ1) is 17.5. The first-order valence-electron chi connectivity index (χ1n) is 9.25. The fourth-order valence-electron chi connectivity index (χ4n) is 4.90. The van der Waals surface area contributed by atoms with Crippen LogP contribution in [0.15, 0.2) is 18.2 Å². The van der Waals surface area contributed by atoms with E-state index in [1.54, 1.807) is 4.31 Å². The maximum Gasteiger partial charge on any atom is 0.218 e. The van der Waals surface area contributed by atoms with E-state index in [1.807, 2.05) is 25.1 Å². The Morgan fingerprint density at radius 2 is 1.96 bits per heavy atom. The van der Waals surface area contributed by atoms with Gasteiger partial charge in [-0.3, -0.25) is 0 Å². The van der Waals surface area contributed by atoms with Gasteiger partial charge in [0.1, 0.15) is 0 Å². The highest BCUT2D eigenvalue weighted by Gasteiger charge is 2.57. The minimum Gasteiger partial charge on any atom is -0.379 e. The fraction of sp³-hybridized carbons (Fsp3) is 0.684. The van der Waals surface area contributed by atoms with Crippen LogP contribution in [0.25, 0.3) is 0 Å². The molecule has 0 saturated carbocycles. The summed E-state index contributed by atoms with van der Waals surface area (Å²) in [6.45, 7) is 7.97. The van der Waals surface area contributed by atoms with Crippen LogP contribution in [0.1, 0.15) is 29.5 Å². The number of piperidine rings is 1. The van der Waals surface area contributed by atoms with E-state index in [9.17, 15) is 8.42 Å². The molecule has 0 aromatic heterocycles. The molecule has 3 fully saturated rings. The molecule has 0 radical (unpaired) electrons. The number of nitrogens with zero attached hydrogens (tertiary/aromatic N) is 1. The molecule has 5 nitrogen and oxygen atoms in total. The third-order valence-corrected chi connectivity index (χ3v) is 8.37. The highest BCUT2D eigenvalue weighted by molar-refractivity contribution is 7.88. The summed E-state index contributed by atoms with van der Waals surface area (Å²) >= 11 is 0. The maximum absolute atomic E-state index is 13.2. The van der Waals surface area contributed by atoms with Crippen LogP contribution in [0.2, 0.25) is 0 Å². The van der Waals surface area contributed by atoms with E-state index in [4.69, 9.17) is 4.74 Å². The zero-order valence-electron chi connectivity index (χ0n) is 15.1. The lowest BCUT2D eigenvalue weighted by Crippen LogP contribution is -2.43. The third-order valence-electron chi connectivity index (χ3n) is 6.55. The van der Waals surface area contributed by atoms with Crippen molar-refractivity contribution < 1.29 is 13.2 Å². The molecule has 1 aromatic rings. The van der Waals surface area contributed by atoms with Crippen LogP contribution in [0.3, 0.4) is 0 Å². The number of aryl methyl sites for hydroxylation is 2. The summed E-state index contributed by atoms with van der Waals surface area (Å²) < 4.78 is 33.9. The van der Waals surface area contributed by atoms with Crippen molar-refractivity contribution in [2.24, 2.45) is 11.3 Å². The molecule has 3 aliphatic heterocycles. The predicted molar refractivity (Wildman–Crippen MR) is 97.9 cm³/mol. The van der Waals surface area contributed by atoms with E-state index in [2.05, 4.69) is 12.2 Å². The Bertz CT molecular complexity index is 756. The lowest BCUT2D eigenvalue weighted by molar-refractivity contribution is 0.0979. The lowest BCUT2D eigenvalue weighted by atomic mass is 9.70. The monoisotopic (exact) mass is 364 g/mol. The second-order valence-electron chi connectivity index (χ2n) is 8.04. The van der Waals surface area contributed by atoms with Crippen LogP contribution in [0.4, 0.5) is 0 Å². The number of sulfonamides is 1. The van der Waals surface area contributed by atoms with Gasteiger partial charge in [0, 0.05) is 12.5 Å². The first-order valence-corrected chi connectivity index (χ1v) is 10.9. The van der Waals surface area contributed by atoms with Crippen LogP contribution < -0.4 is 5.32 Å². The van der Waals surface area contributed by atoms with Crippen LogP contribution in [-0.4, -0.2) is 51.6 Å². The van der Waals surface area contributed by atoms with Crippen molar-refractivity contribution in [1.29, 1.82) is 0 Å². The minimum absolute atomic E-state index is 0.0228. The molecule has 3 heterocycles. The molecule has 4 rings (SSSR count). The molecule has 6 heteroatoms. The Balaban J connectivity index is 1.60. The van der Waals surface area contributed by atoms with Gasteiger partial charge in [0.25, 0.3) is 0 Å². The number of hydrogen-bond acceptors (Lipinski definition) is 4. The summed E-state index contributed by atoms with van der Waals surface area (Å²) in [5, 5.41) is 3.41. The number of rotatable bonds is 3. The Labute approximate surface area is 150 Å². The molecule has 0 bridgehead atoms. The van der Waals surface area contributed by atoms with Gasteiger partial charge >= 0.3 is 0 Å². The molecular formula is C19H28N2O3S. The molecule has 0 aliphatic carbocycles. The molecule has 1 N–H and O–H groups in total. The van der Waals surface area contributed by atoms with Gasteiger partial charge in [-0.1, -0.05) is 18.2 Å². The van der Waals surface area contributed by atoms with Crippen LogP contribution in [0.5, 0.6) is 0 Å². The Morgan fingerprint density at radius 3 is 2.68 bits per heavy atom. The molecular weight excluding hydrogens is 336 g/mol. The van der Waals surface area contributed by atoms with Crippen molar-refractivity contribution in [3.8, 4) is 0 Å². The van der Waals surface area contributed by atoms with E-state index < -0.39 is 10.0 Å². The van der Waals surface area contributed by atoms with Gasteiger partial charge < -0.3 is 10.1 Å². The molecule has 25 heavy (non-hydrogen) atoms. The minimum atomic E-state index is -3.34. The SMILES string of the molecule is Cc1ccc(CS(=O)(=O)N2CC3(CCNCC3)[C@H]3COC[C@H]32)cc1C. The molecule has 2 atom stereocenters. The number of ether oxygens (including phenoxy) is 1. The molecule has 1 aromatic carbocycles. The van der Waals surface area contributed by atoms with Crippen LogP contribution in [0, 0.1) is 25.2 Å². The molecule has 0 amide bonds. The normalized spacial score (nSPS) is 29.2. The zero-order chi connectivity index (χ0) is 17.7. The second-order valence-corrected chi connectivity index (χ2v) is 9.97. The van der Waals surface area contributed by atoms with E-state index in [0.717, 1.165) is 37.1 Å². The van der Waals surface area contributed by atoms with Crippen molar-refractivity contribution in [3.05, 3.63) is 34.9 Å². The Kier molecular flexibility index (Phi) is 4.43. The van der Waals surface area contributed by atoms with Gasteiger partial charge in [-0.25, -0.2) is 8.42 Å². The first-order chi connectivity index (χ1) is 11.9. The van der Waals surface area contributed by atoms with E-state index in [-0.39, 0.29) is 17.2 Å². The number of benzene rings is 1. The highest BCUT2D eigenvalue weighted by atomic mass is 32.2. The number of fused-ring (bicyclic) bond motifs is 2. The lowest BCUT2D eigenvalue weighted by Gasteiger charge is -2.37. The summed E-state index contributed by atoms with van der Waals surface area (Å²) in [7, 11) is -3.34. The molecule has 3 saturated heterocycles. The van der Waals surface area contributed by atoms with E-state index in [1.165, 1.54) is 5.56 Å². The van der Waals surface area contributed by atoms with Crippen molar-refractivity contribution in [2.45, 2.75) is 38.5 Å². The van der Waals surface area contributed by atoms with Gasteiger partial charge in [-0.15, -0.1) is 0 Å². The summed E-state index contributed by atoms with van der Waals surface area (Å²) in [5.74, 6) is 0.440. The molecule has 138 valence electrons. The summed E-state index contributed by atoms with van der Waals surface area (Å²) in [6.07, 6.45) is 2.10. The van der Waals surface area contributed by atoms with Gasteiger partial charge in [-0.05, 0) is 61.9 Å². The number of nitrogens with one attached hydrogen (secondary N) is 1.